The highest BCUT2D eigenvalue weighted by molar-refractivity contribution is 5.85. The van der Waals surface area contributed by atoms with Crippen LogP contribution >= 0.6 is 0 Å². The Morgan fingerprint density at radius 3 is 2.39 bits per heavy atom. The second-order valence-electron chi connectivity index (χ2n) is 8.07. The molecule has 176 valence electrons. The molecule has 33 heavy (non-hydrogen) atoms. The van der Waals surface area contributed by atoms with E-state index in [4.69, 9.17) is 9.15 Å². The molecule has 0 amide bonds. The molecule has 0 bridgehead atoms. The Morgan fingerprint density at radius 2 is 1.79 bits per heavy atom. The van der Waals surface area contributed by atoms with Crippen molar-refractivity contribution in [2.75, 3.05) is 13.1 Å². The van der Waals surface area contributed by atoms with Crippen LogP contribution in [0.1, 0.15) is 43.1 Å². The molecule has 5 nitrogen and oxygen atoms in total. The minimum absolute atomic E-state index is 0.109. The van der Waals surface area contributed by atoms with Crippen molar-refractivity contribution in [2.45, 2.75) is 45.3 Å². The van der Waals surface area contributed by atoms with E-state index < -0.39 is 28.9 Å². The van der Waals surface area contributed by atoms with Crippen LogP contribution < -0.4 is 10.2 Å². The number of piperidine rings is 1. The number of hydrogen-bond acceptors (Lipinski definition) is 5. The number of ether oxygens (including phenoxy) is 1. The second kappa shape index (κ2) is 9.05. The summed E-state index contributed by atoms with van der Waals surface area (Å²) >= 11 is 0. The van der Waals surface area contributed by atoms with Gasteiger partial charge in [0.1, 0.15) is 22.9 Å². The van der Waals surface area contributed by atoms with Gasteiger partial charge in [-0.2, -0.15) is 13.2 Å². The van der Waals surface area contributed by atoms with E-state index in [-0.39, 0.29) is 34.6 Å². The SMILES string of the molecule is CCc1cc2c(=O)c(Oc3ccc(F)cc3)c(C(F)(F)F)oc2c(CN2CCCCC2)c1O. The topological polar surface area (TPSA) is 62.9 Å². The molecule has 1 aromatic heterocycles. The number of phenolic OH excluding ortho intramolecular Hbond substituents is 1. The quantitative estimate of drug-likeness (QED) is 0.469. The summed E-state index contributed by atoms with van der Waals surface area (Å²) in [4.78, 5) is 15.3. The molecule has 0 atom stereocenters. The molecule has 1 N–H and O–H groups in total. The highest BCUT2D eigenvalue weighted by Crippen LogP contribution is 2.41. The number of nitrogens with zero attached hydrogens (tertiary/aromatic N) is 1. The van der Waals surface area contributed by atoms with Crippen LogP contribution in [0, 0.1) is 5.82 Å². The Labute approximate surface area is 187 Å². The summed E-state index contributed by atoms with van der Waals surface area (Å²) in [5.41, 5.74) is -0.738. The summed E-state index contributed by atoms with van der Waals surface area (Å²) in [6, 6.07) is 5.60. The molecule has 0 saturated carbocycles. The third-order valence-electron chi connectivity index (χ3n) is 5.79. The molecule has 4 rings (SSSR count). The van der Waals surface area contributed by atoms with Crippen LogP contribution in [0.5, 0.6) is 17.2 Å². The predicted molar refractivity (Wildman–Crippen MR) is 114 cm³/mol. The number of aryl methyl sites for hydroxylation is 1. The van der Waals surface area contributed by atoms with Crippen LogP contribution in [0.2, 0.25) is 0 Å². The highest BCUT2D eigenvalue weighted by Gasteiger charge is 2.41. The number of aromatic hydroxyl groups is 1. The van der Waals surface area contributed by atoms with Crippen LogP contribution in [0.4, 0.5) is 17.6 Å². The fraction of sp³-hybridized carbons (Fsp3) is 0.375. The largest absolute Gasteiger partial charge is 0.507 e. The Balaban J connectivity index is 1.93. The van der Waals surface area contributed by atoms with E-state index in [2.05, 4.69) is 0 Å². The molecular formula is C24H23F4NO4. The molecule has 2 heterocycles. The van der Waals surface area contributed by atoms with Gasteiger partial charge >= 0.3 is 6.18 Å². The number of fused-ring (bicyclic) bond motifs is 1. The molecule has 3 aromatic rings. The molecule has 0 aliphatic carbocycles. The number of alkyl halides is 3. The maximum atomic E-state index is 13.9. The first kappa shape index (κ1) is 23.1. The zero-order valence-corrected chi connectivity index (χ0v) is 18.0. The molecule has 1 aliphatic rings. The number of hydrogen-bond donors (Lipinski definition) is 1. The lowest BCUT2D eigenvalue weighted by Gasteiger charge is -2.27. The summed E-state index contributed by atoms with van der Waals surface area (Å²) in [6.45, 7) is 3.40. The highest BCUT2D eigenvalue weighted by atomic mass is 19.4. The van der Waals surface area contributed by atoms with Crippen molar-refractivity contribution in [2.24, 2.45) is 0 Å². The zero-order chi connectivity index (χ0) is 23.8. The number of rotatable bonds is 5. The summed E-state index contributed by atoms with van der Waals surface area (Å²) in [5, 5.41) is 10.7. The molecule has 1 fully saturated rings. The maximum Gasteiger partial charge on any atom is 0.453 e. The monoisotopic (exact) mass is 465 g/mol. The number of benzene rings is 2. The van der Waals surface area contributed by atoms with Gasteiger partial charge in [0.15, 0.2) is 0 Å². The van der Waals surface area contributed by atoms with Gasteiger partial charge in [0.25, 0.3) is 5.76 Å². The van der Waals surface area contributed by atoms with E-state index in [0.717, 1.165) is 56.6 Å². The van der Waals surface area contributed by atoms with Gasteiger partial charge in [-0.15, -0.1) is 0 Å². The third kappa shape index (κ3) is 4.68. The van der Waals surface area contributed by atoms with Gasteiger partial charge in [-0.05, 0) is 68.2 Å². The molecule has 9 heteroatoms. The molecule has 0 unspecified atom stereocenters. The van der Waals surface area contributed by atoms with Crippen molar-refractivity contribution in [1.29, 1.82) is 0 Å². The summed E-state index contributed by atoms with van der Waals surface area (Å²) in [7, 11) is 0. The van der Waals surface area contributed by atoms with Crippen molar-refractivity contribution in [3.05, 3.63) is 63.3 Å². The van der Waals surface area contributed by atoms with Crippen LogP contribution in [-0.4, -0.2) is 23.1 Å². The molecule has 0 spiro atoms. The molecule has 1 saturated heterocycles. The standard InChI is InChI=1S/C24H23F4NO4/c1-2-14-12-17-20(31)22(32-16-8-6-15(25)7-9-16)23(24(26,27)28)33-21(17)18(19(14)30)13-29-10-4-3-5-11-29/h6-9,12,30H,2-5,10-11,13H2,1H3. The summed E-state index contributed by atoms with van der Waals surface area (Å²) in [5.74, 6) is -3.55. The number of halogens is 4. The van der Waals surface area contributed by atoms with Gasteiger partial charge in [0.2, 0.25) is 11.2 Å². The van der Waals surface area contributed by atoms with Gasteiger partial charge in [-0.1, -0.05) is 13.3 Å². The van der Waals surface area contributed by atoms with Gasteiger partial charge in [-0.3, -0.25) is 9.69 Å². The van der Waals surface area contributed by atoms with E-state index in [1.54, 1.807) is 6.92 Å². The van der Waals surface area contributed by atoms with Crippen LogP contribution in [0.3, 0.4) is 0 Å². The van der Waals surface area contributed by atoms with Gasteiger partial charge < -0.3 is 14.3 Å². The van der Waals surface area contributed by atoms with Gasteiger partial charge in [-0.25, -0.2) is 4.39 Å². The molecular weight excluding hydrogens is 442 g/mol. The maximum absolute atomic E-state index is 13.9. The van der Waals surface area contributed by atoms with Crippen molar-refractivity contribution in [1.82, 2.24) is 4.90 Å². The fourth-order valence-corrected chi connectivity index (χ4v) is 4.09. The fourth-order valence-electron chi connectivity index (χ4n) is 4.09. The van der Waals surface area contributed by atoms with Crippen molar-refractivity contribution < 1.29 is 31.8 Å². The average Bonchev–Trinajstić information content (AvgIpc) is 2.78. The van der Waals surface area contributed by atoms with Gasteiger partial charge in [0.05, 0.1) is 10.9 Å². The van der Waals surface area contributed by atoms with Crippen molar-refractivity contribution in [3.63, 3.8) is 0 Å². The lowest BCUT2D eigenvalue weighted by atomic mass is 10.0. The zero-order valence-electron chi connectivity index (χ0n) is 18.0. The van der Waals surface area contributed by atoms with Crippen LogP contribution in [-0.2, 0) is 19.1 Å². The Hall–Kier alpha value is -3.07. The van der Waals surface area contributed by atoms with Crippen molar-refractivity contribution >= 4 is 11.0 Å². The second-order valence-corrected chi connectivity index (χ2v) is 8.07. The smallest absolute Gasteiger partial charge is 0.453 e. The Kier molecular flexibility index (Phi) is 6.34. The first-order valence-electron chi connectivity index (χ1n) is 10.8. The van der Waals surface area contributed by atoms with E-state index in [1.165, 1.54) is 6.07 Å². The molecule has 1 aliphatic heterocycles. The third-order valence-corrected chi connectivity index (χ3v) is 5.79. The first-order chi connectivity index (χ1) is 15.7. The summed E-state index contributed by atoms with van der Waals surface area (Å²) < 4.78 is 65.5. The number of phenols is 1. The van der Waals surface area contributed by atoms with E-state index in [0.29, 0.717) is 12.0 Å². The van der Waals surface area contributed by atoms with E-state index >= 15 is 0 Å². The normalized spacial score (nSPS) is 15.2. The Bertz CT molecular complexity index is 1210. The van der Waals surface area contributed by atoms with E-state index in [9.17, 15) is 27.5 Å². The lowest BCUT2D eigenvalue weighted by molar-refractivity contribution is -0.154. The molecule has 2 aromatic carbocycles. The van der Waals surface area contributed by atoms with Crippen molar-refractivity contribution in [3.8, 4) is 17.2 Å². The van der Waals surface area contributed by atoms with Gasteiger partial charge in [0, 0.05) is 6.54 Å². The van der Waals surface area contributed by atoms with Crippen LogP contribution in [0.15, 0.2) is 39.5 Å². The minimum atomic E-state index is -5.04. The first-order valence-corrected chi connectivity index (χ1v) is 10.8. The number of likely N-dealkylation sites (tertiary alicyclic amines) is 1. The predicted octanol–water partition coefficient (Wildman–Crippen LogP) is 6.00. The van der Waals surface area contributed by atoms with Crippen LogP contribution in [0.25, 0.3) is 11.0 Å². The lowest BCUT2D eigenvalue weighted by Crippen LogP contribution is -2.29. The van der Waals surface area contributed by atoms with E-state index in [1.807, 2.05) is 4.90 Å². The Morgan fingerprint density at radius 1 is 1.12 bits per heavy atom. The molecule has 0 radical (unpaired) electrons. The minimum Gasteiger partial charge on any atom is -0.507 e. The average molecular weight is 465 g/mol. The summed E-state index contributed by atoms with van der Waals surface area (Å²) in [6.07, 6.45) is -1.72.